The minimum Gasteiger partial charge on any atom is -0.314 e. The van der Waals surface area contributed by atoms with Gasteiger partial charge in [-0.25, -0.2) is 12.7 Å². The summed E-state index contributed by atoms with van der Waals surface area (Å²) in [6.07, 6.45) is 4.10. The molecule has 1 fully saturated rings. The summed E-state index contributed by atoms with van der Waals surface area (Å²) >= 11 is 0. The summed E-state index contributed by atoms with van der Waals surface area (Å²) in [6.45, 7) is 4.86. The second kappa shape index (κ2) is 8.19. The highest BCUT2D eigenvalue weighted by Gasteiger charge is 2.22. The zero-order valence-electron chi connectivity index (χ0n) is 12.6. The van der Waals surface area contributed by atoms with Crippen LogP contribution in [0, 0.1) is 0 Å². The fourth-order valence-corrected chi connectivity index (χ4v) is 3.60. The Morgan fingerprint density at radius 3 is 2.37 bits per heavy atom. The second-order valence-corrected chi connectivity index (χ2v) is 7.63. The Balaban J connectivity index is 2.24. The van der Waals surface area contributed by atoms with Gasteiger partial charge in [0.05, 0.1) is 5.75 Å². The van der Waals surface area contributed by atoms with Crippen molar-refractivity contribution in [2.24, 2.45) is 0 Å². The summed E-state index contributed by atoms with van der Waals surface area (Å²) in [5.41, 5.74) is 0. The first kappa shape index (κ1) is 16.9. The van der Waals surface area contributed by atoms with Crippen molar-refractivity contribution in [3.63, 3.8) is 0 Å². The summed E-state index contributed by atoms with van der Waals surface area (Å²) < 4.78 is 26.0. The molecule has 1 rings (SSSR count). The molecule has 1 aliphatic rings. The van der Waals surface area contributed by atoms with E-state index in [0.29, 0.717) is 25.6 Å². The van der Waals surface area contributed by atoms with Crippen LogP contribution in [0.3, 0.4) is 0 Å². The van der Waals surface area contributed by atoms with Crippen LogP contribution in [0.25, 0.3) is 0 Å². The molecule has 0 unspecified atom stereocenters. The van der Waals surface area contributed by atoms with Gasteiger partial charge in [0.2, 0.25) is 10.0 Å². The third-order valence-electron chi connectivity index (χ3n) is 3.35. The van der Waals surface area contributed by atoms with E-state index in [9.17, 15) is 8.42 Å². The molecular weight excluding hydrogens is 262 g/mol. The third-order valence-corrected chi connectivity index (χ3v) is 5.38. The summed E-state index contributed by atoms with van der Waals surface area (Å²) in [4.78, 5) is 2.08. The minimum absolute atomic E-state index is 0.266. The predicted octanol–water partition coefficient (Wildman–Crippen LogP) is 0.732. The van der Waals surface area contributed by atoms with E-state index in [4.69, 9.17) is 0 Å². The van der Waals surface area contributed by atoms with Gasteiger partial charge in [0.15, 0.2) is 0 Å². The maximum Gasteiger partial charge on any atom is 0.214 e. The van der Waals surface area contributed by atoms with Crippen LogP contribution in [0.15, 0.2) is 0 Å². The lowest BCUT2D eigenvalue weighted by Crippen LogP contribution is -2.35. The Morgan fingerprint density at radius 2 is 1.84 bits per heavy atom. The molecule has 19 heavy (non-hydrogen) atoms. The zero-order chi connectivity index (χ0) is 14.3. The molecule has 0 bridgehead atoms. The molecular formula is C13H29N3O2S. The van der Waals surface area contributed by atoms with Gasteiger partial charge in [0.1, 0.15) is 0 Å². The molecule has 1 aliphatic carbocycles. The van der Waals surface area contributed by atoms with Crippen molar-refractivity contribution in [2.75, 3.05) is 46.0 Å². The molecule has 0 atom stereocenters. The Labute approximate surface area is 118 Å². The first-order valence-electron chi connectivity index (χ1n) is 7.31. The fraction of sp³-hybridized carbons (Fsp3) is 1.00. The average Bonchev–Trinajstić information content (AvgIpc) is 3.13. The largest absolute Gasteiger partial charge is 0.314 e. The van der Waals surface area contributed by atoms with E-state index in [0.717, 1.165) is 19.5 Å². The van der Waals surface area contributed by atoms with Crippen LogP contribution in [0.2, 0.25) is 0 Å². The highest BCUT2D eigenvalue weighted by molar-refractivity contribution is 7.89. The van der Waals surface area contributed by atoms with Gasteiger partial charge in [-0.2, -0.15) is 0 Å². The van der Waals surface area contributed by atoms with Crippen LogP contribution in [0.1, 0.15) is 32.6 Å². The van der Waals surface area contributed by atoms with E-state index in [1.54, 1.807) is 4.31 Å². The number of hydrogen-bond donors (Lipinski definition) is 1. The van der Waals surface area contributed by atoms with Gasteiger partial charge in [0.25, 0.3) is 0 Å². The highest BCUT2D eigenvalue weighted by Crippen LogP contribution is 2.18. The maximum atomic E-state index is 12.2. The Hall–Kier alpha value is -0.170. The van der Waals surface area contributed by atoms with Crippen molar-refractivity contribution < 1.29 is 8.42 Å². The monoisotopic (exact) mass is 291 g/mol. The molecule has 0 radical (unpaired) electrons. The van der Waals surface area contributed by atoms with Crippen LogP contribution in [0.5, 0.6) is 0 Å². The van der Waals surface area contributed by atoms with Gasteiger partial charge in [-0.1, -0.05) is 6.92 Å². The van der Waals surface area contributed by atoms with E-state index in [1.165, 1.54) is 12.8 Å². The topological polar surface area (TPSA) is 52.7 Å². The zero-order valence-corrected chi connectivity index (χ0v) is 13.4. The quantitative estimate of drug-likeness (QED) is 0.570. The lowest BCUT2D eigenvalue weighted by Gasteiger charge is -2.21. The molecule has 5 nitrogen and oxygen atoms in total. The number of nitrogens with zero attached hydrogens (tertiary/aromatic N) is 2. The molecule has 0 spiro atoms. The van der Waals surface area contributed by atoms with Crippen molar-refractivity contribution in [3.8, 4) is 0 Å². The van der Waals surface area contributed by atoms with Crippen molar-refractivity contribution in [1.82, 2.24) is 14.5 Å². The van der Waals surface area contributed by atoms with Crippen LogP contribution in [0.4, 0.5) is 0 Å². The molecule has 0 aromatic heterocycles. The molecule has 0 amide bonds. The van der Waals surface area contributed by atoms with Crippen LogP contribution < -0.4 is 5.32 Å². The van der Waals surface area contributed by atoms with Crippen molar-refractivity contribution in [2.45, 2.75) is 38.6 Å². The van der Waals surface area contributed by atoms with E-state index in [2.05, 4.69) is 10.2 Å². The van der Waals surface area contributed by atoms with E-state index < -0.39 is 10.0 Å². The van der Waals surface area contributed by atoms with Crippen molar-refractivity contribution in [1.29, 1.82) is 0 Å². The predicted molar refractivity (Wildman–Crippen MR) is 79.8 cm³/mol. The SMILES string of the molecule is CCN(CCCN(C)C)S(=O)(=O)CCCNC1CC1. The normalized spacial score (nSPS) is 16.5. The third kappa shape index (κ3) is 7.25. The number of nitrogens with one attached hydrogen (secondary N) is 1. The molecule has 0 aliphatic heterocycles. The molecule has 0 aromatic rings. The summed E-state index contributed by atoms with van der Waals surface area (Å²) in [6, 6.07) is 0.657. The van der Waals surface area contributed by atoms with Gasteiger partial charge in [-0.15, -0.1) is 0 Å². The van der Waals surface area contributed by atoms with Crippen molar-refractivity contribution >= 4 is 10.0 Å². The maximum absolute atomic E-state index is 12.2. The first-order valence-corrected chi connectivity index (χ1v) is 8.92. The fourth-order valence-electron chi connectivity index (χ4n) is 2.03. The van der Waals surface area contributed by atoms with Gasteiger partial charge in [-0.3, -0.25) is 0 Å². The smallest absolute Gasteiger partial charge is 0.214 e. The molecule has 1 N–H and O–H groups in total. The number of hydrogen-bond acceptors (Lipinski definition) is 4. The molecule has 0 heterocycles. The summed E-state index contributed by atoms with van der Waals surface area (Å²) in [5, 5.41) is 3.35. The minimum atomic E-state index is -3.07. The van der Waals surface area contributed by atoms with Crippen molar-refractivity contribution in [3.05, 3.63) is 0 Å². The summed E-state index contributed by atoms with van der Waals surface area (Å²) in [7, 11) is 0.943. The second-order valence-electron chi connectivity index (χ2n) is 5.55. The molecule has 0 aromatic carbocycles. The summed E-state index contributed by atoms with van der Waals surface area (Å²) in [5.74, 6) is 0.266. The van der Waals surface area contributed by atoms with E-state index >= 15 is 0 Å². The highest BCUT2D eigenvalue weighted by atomic mass is 32.2. The first-order chi connectivity index (χ1) is 8.95. The Kier molecular flexibility index (Phi) is 7.28. The van der Waals surface area contributed by atoms with E-state index in [1.807, 2.05) is 21.0 Å². The average molecular weight is 291 g/mol. The van der Waals surface area contributed by atoms with Gasteiger partial charge < -0.3 is 10.2 Å². The van der Waals surface area contributed by atoms with Gasteiger partial charge in [0, 0.05) is 19.1 Å². The van der Waals surface area contributed by atoms with Gasteiger partial charge >= 0.3 is 0 Å². The lowest BCUT2D eigenvalue weighted by atomic mass is 10.4. The van der Waals surface area contributed by atoms with Crippen LogP contribution in [-0.4, -0.2) is 69.7 Å². The Bertz CT molecular complexity index is 340. The molecule has 0 saturated heterocycles. The molecule has 6 heteroatoms. The van der Waals surface area contributed by atoms with E-state index in [-0.39, 0.29) is 5.75 Å². The number of sulfonamides is 1. The van der Waals surface area contributed by atoms with Gasteiger partial charge in [-0.05, 0) is 52.9 Å². The number of rotatable bonds is 11. The van der Waals surface area contributed by atoms with Crippen LogP contribution >= 0.6 is 0 Å². The molecule has 114 valence electrons. The Morgan fingerprint density at radius 1 is 1.16 bits per heavy atom. The van der Waals surface area contributed by atoms with Crippen LogP contribution in [-0.2, 0) is 10.0 Å². The lowest BCUT2D eigenvalue weighted by molar-refractivity contribution is 0.356. The standard InChI is InChI=1S/C13H29N3O2S/c1-4-16(11-6-10-15(2)3)19(17,18)12-5-9-14-13-7-8-13/h13-14H,4-12H2,1-3H3. The molecule has 1 saturated carbocycles.